The Morgan fingerprint density at radius 1 is 0.557 bits per heavy atom. The minimum absolute atomic E-state index is 0.0662. The molecule has 0 rings (SSSR count). The van der Waals surface area contributed by atoms with Crippen molar-refractivity contribution in [2.45, 2.75) is 219 Å². The summed E-state index contributed by atoms with van der Waals surface area (Å²) in [6, 6.07) is -0.894. The topological polar surface area (TPSA) is 131 Å². The summed E-state index contributed by atoms with van der Waals surface area (Å²) in [5.74, 6) is -0.225. The van der Waals surface area contributed by atoms with Crippen LogP contribution in [0.25, 0.3) is 0 Å². The fourth-order valence-electron chi connectivity index (χ4n) is 6.76. The second-order valence-corrected chi connectivity index (χ2v) is 17.7. The van der Waals surface area contributed by atoms with E-state index in [2.05, 4.69) is 92.1 Å². The summed E-state index contributed by atoms with van der Waals surface area (Å²) in [4.78, 5) is 22.8. The SMILES string of the molecule is CC/C=C\C/C=C\C/C=C\C/C=C\C/C=C\CCCCCCCC(=O)NC(COP(=O)(O)OCCN)C(O)/C=C/CC/C=C/CCCCCCCCCCCCCCCCC. The Balaban J connectivity index is 4.24. The molecule has 3 unspecified atom stereocenters. The highest BCUT2D eigenvalue weighted by Gasteiger charge is 2.26. The van der Waals surface area contributed by atoms with Gasteiger partial charge in [-0.3, -0.25) is 13.8 Å². The van der Waals surface area contributed by atoms with Crippen LogP contribution < -0.4 is 11.1 Å². The zero-order valence-corrected chi connectivity index (χ0v) is 40.0. The molecule has 0 aliphatic carbocycles. The molecule has 0 spiro atoms. The van der Waals surface area contributed by atoms with Gasteiger partial charge in [-0.25, -0.2) is 4.57 Å². The monoisotopic (exact) mass is 873 g/mol. The highest BCUT2D eigenvalue weighted by atomic mass is 31.2. The van der Waals surface area contributed by atoms with E-state index in [9.17, 15) is 19.4 Å². The van der Waals surface area contributed by atoms with E-state index in [1.165, 1.54) is 96.3 Å². The Labute approximate surface area is 375 Å². The van der Waals surface area contributed by atoms with Crippen LogP contribution in [0.3, 0.4) is 0 Å². The van der Waals surface area contributed by atoms with E-state index >= 15 is 0 Å². The first-order valence-corrected chi connectivity index (χ1v) is 26.2. The molecular weight excluding hydrogens is 780 g/mol. The van der Waals surface area contributed by atoms with Crippen molar-refractivity contribution >= 4 is 13.7 Å². The maximum Gasteiger partial charge on any atom is 0.472 e. The van der Waals surface area contributed by atoms with Gasteiger partial charge in [-0.05, 0) is 77.0 Å². The number of rotatable bonds is 45. The van der Waals surface area contributed by atoms with Gasteiger partial charge >= 0.3 is 7.82 Å². The molecule has 0 saturated carbocycles. The Bertz CT molecular complexity index is 1230. The molecule has 0 fully saturated rings. The Morgan fingerprint density at radius 3 is 1.46 bits per heavy atom. The smallest absolute Gasteiger partial charge is 0.387 e. The predicted molar refractivity (Wildman–Crippen MR) is 263 cm³/mol. The van der Waals surface area contributed by atoms with E-state index in [4.69, 9.17) is 14.8 Å². The molecule has 9 heteroatoms. The first-order valence-electron chi connectivity index (χ1n) is 24.7. The molecule has 0 aromatic heterocycles. The number of carbonyl (C=O) groups is 1. The lowest BCUT2D eigenvalue weighted by atomic mass is 10.0. The number of phosphoric acid groups is 1. The van der Waals surface area contributed by atoms with Crippen LogP contribution in [0.4, 0.5) is 0 Å². The summed E-state index contributed by atoms with van der Waals surface area (Å²) in [7, 11) is -4.36. The number of nitrogens with two attached hydrogens (primary N) is 1. The lowest BCUT2D eigenvalue weighted by Crippen LogP contribution is -2.45. The highest BCUT2D eigenvalue weighted by molar-refractivity contribution is 7.47. The highest BCUT2D eigenvalue weighted by Crippen LogP contribution is 2.43. The zero-order valence-electron chi connectivity index (χ0n) is 39.1. The maximum atomic E-state index is 12.8. The van der Waals surface area contributed by atoms with Crippen molar-refractivity contribution in [2.75, 3.05) is 19.8 Å². The number of nitrogens with one attached hydrogen (secondary N) is 1. The minimum Gasteiger partial charge on any atom is -0.387 e. The van der Waals surface area contributed by atoms with E-state index in [0.717, 1.165) is 89.9 Å². The van der Waals surface area contributed by atoms with Crippen molar-refractivity contribution in [3.05, 3.63) is 85.1 Å². The number of amides is 1. The van der Waals surface area contributed by atoms with Gasteiger partial charge in [0.2, 0.25) is 5.91 Å². The fraction of sp³-hybridized carbons (Fsp3) is 0.712. The second kappa shape index (κ2) is 47.2. The standard InChI is InChI=1S/C52H93N2O6P/c1-3-5-7-9-11-13-15-17-19-21-23-25-27-29-31-33-35-37-39-41-43-45-51(55)50(49-60-61(57,58)59-48-47-53)54-52(56)46-44-42-40-38-36-34-32-30-28-26-24-22-20-18-16-14-12-10-8-6-4-2/h6,8,12,14,18,20,24,26,30,32,35,37,43,45,50-51,55H,3-5,7,9-11,13,15-17,19,21-23,25,27-29,31,33-34,36,38-42,44,46-49,53H2,1-2H3,(H,54,56)(H,57,58)/b8-6-,14-12-,20-18-,26-24-,32-30-,37-35+,45-43+. The van der Waals surface area contributed by atoms with E-state index in [-0.39, 0.29) is 25.7 Å². The Morgan fingerprint density at radius 2 is 0.967 bits per heavy atom. The fourth-order valence-corrected chi connectivity index (χ4v) is 7.52. The molecule has 0 saturated heterocycles. The molecule has 0 aliphatic rings. The number of phosphoric ester groups is 1. The molecule has 0 aromatic rings. The van der Waals surface area contributed by atoms with Crippen LogP contribution in [-0.2, 0) is 18.4 Å². The third-order valence-corrected chi connectivity index (χ3v) is 11.4. The molecule has 5 N–H and O–H groups in total. The molecule has 0 heterocycles. The molecule has 3 atom stereocenters. The van der Waals surface area contributed by atoms with Crippen molar-refractivity contribution in [1.82, 2.24) is 5.32 Å². The molecule has 0 aromatic carbocycles. The van der Waals surface area contributed by atoms with E-state index < -0.39 is 20.0 Å². The van der Waals surface area contributed by atoms with Gasteiger partial charge in [-0.1, -0.05) is 208 Å². The van der Waals surface area contributed by atoms with Gasteiger partial charge < -0.3 is 21.1 Å². The molecule has 0 bridgehead atoms. The number of allylic oxidation sites excluding steroid dienone is 13. The largest absolute Gasteiger partial charge is 0.472 e. The normalized spacial score (nSPS) is 14.6. The molecule has 352 valence electrons. The summed E-state index contributed by atoms with van der Waals surface area (Å²) < 4.78 is 22.2. The molecule has 0 radical (unpaired) electrons. The number of hydrogen-bond acceptors (Lipinski definition) is 6. The van der Waals surface area contributed by atoms with Crippen molar-refractivity contribution in [3.8, 4) is 0 Å². The summed E-state index contributed by atoms with van der Waals surface area (Å²) in [6.07, 6.45) is 63.6. The van der Waals surface area contributed by atoms with Crippen LogP contribution in [0.1, 0.15) is 206 Å². The predicted octanol–water partition coefficient (Wildman–Crippen LogP) is 14.6. The maximum absolute atomic E-state index is 12.8. The van der Waals surface area contributed by atoms with Gasteiger partial charge in [0.05, 0.1) is 25.4 Å². The van der Waals surface area contributed by atoms with Gasteiger partial charge in [-0.2, -0.15) is 0 Å². The third kappa shape index (κ3) is 45.5. The number of carbonyl (C=O) groups excluding carboxylic acids is 1. The third-order valence-electron chi connectivity index (χ3n) is 10.5. The van der Waals surface area contributed by atoms with Crippen LogP contribution in [0.5, 0.6) is 0 Å². The van der Waals surface area contributed by atoms with Gasteiger partial charge in [0.25, 0.3) is 0 Å². The lowest BCUT2D eigenvalue weighted by Gasteiger charge is -2.23. The number of unbranched alkanes of at least 4 members (excludes halogenated alkanes) is 21. The van der Waals surface area contributed by atoms with Gasteiger partial charge in [0, 0.05) is 13.0 Å². The molecule has 0 aliphatic heterocycles. The lowest BCUT2D eigenvalue weighted by molar-refractivity contribution is -0.123. The molecule has 61 heavy (non-hydrogen) atoms. The molecular formula is C52H93N2O6P. The van der Waals surface area contributed by atoms with E-state index in [1.54, 1.807) is 6.08 Å². The number of hydrogen-bond donors (Lipinski definition) is 4. The van der Waals surface area contributed by atoms with Crippen LogP contribution in [-0.4, -0.2) is 47.8 Å². The van der Waals surface area contributed by atoms with Crippen LogP contribution in [0, 0.1) is 0 Å². The molecule has 1 amide bonds. The number of aliphatic hydroxyl groups excluding tert-OH is 1. The van der Waals surface area contributed by atoms with Gasteiger partial charge in [0.15, 0.2) is 0 Å². The Kier molecular flexibility index (Phi) is 45.4. The quantitative estimate of drug-likeness (QED) is 0.0272. The number of aliphatic hydroxyl groups is 1. The van der Waals surface area contributed by atoms with Crippen molar-refractivity contribution in [1.29, 1.82) is 0 Å². The minimum atomic E-state index is -4.36. The van der Waals surface area contributed by atoms with Crippen molar-refractivity contribution < 1.29 is 28.4 Å². The van der Waals surface area contributed by atoms with E-state index in [1.807, 2.05) is 6.08 Å². The summed E-state index contributed by atoms with van der Waals surface area (Å²) in [5.41, 5.74) is 5.38. The summed E-state index contributed by atoms with van der Waals surface area (Å²) >= 11 is 0. The molecule has 8 nitrogen and oxygen atoms in total. The van der Waals surface area contributed by atoms with E-state index in [0.29, 0.717) is 6.42 Å². The average molecular weight is 873 g/mol. The first-order chi connectivity index (χ1) is 29.9. The average Bonchev–Trinajstić information content (AvgIpc) is 3.25. The summed E-state index contributed by atoms with van der Waals surface area (Å²) in [6.45, 7) is 3.99. The Hall–Kier alpha value is -2.32. The first kappa shape index (κ1) is 58.7. The van der Waals surface area contributed by atoms with Crippen molar-refractivity contribution in [2.24, 2.45) is 5.73 Å². The van der Waals surface area contributed by atoms with Gasteiger partial charge in [0.1, 0.15) is 0 Å². The van der Waals surface area contributed by atoms with Crippen LogP contribution in [0.15, 0.2) is 85.1 Å². The van der Waals surface area contributed by atoms with Crippen LogP contribution in [0.2, 0.25) is 0 Å². The van der Waals surface area contributed by atoms with Crippen molar-refractivity contribution in [3.63, 3.8) is 0 Å². The van der Waals surface area contributed by atoms with Gasteiger partial charge in [-0.15, -0.1) is 0 Å². The second-order valence-electron chi connectivity index (χ2n) is 16.3. The summed E-state index contributed by atoms with van der Waals surface area (Å²) in [5, 5.41) is 13.7. The zero-order chi connectivity index (χ0) is 44.6. The van der Waals surface area contributed by atoms with Crippen LogP contribution >= 0.6 is 7.82 Å².